The highest BCUT2D eigenvalue weighted by Crippen LogP contribution is 2.23. The molecule has 0 fully saturated rings. The Bertz CT molecular complexity index is 475. The van der Waals surface area contributed by atoms with Gasteiger partial charge in [-0.05, 0) is 38.0 Å². The van der Waals surface area contributed by atoms with Gasteiger partial charge in [-0.1, -0.05) is 11.6 Å². The Morgan fingerprint density at radius 1 is 1.47 bits per heavy atom. The standard InChI is InChI=1S/C13H17ClN2O3/c1-8(15)3-2-4-12(17)16-11-7-9(13(18)19)5-6-10(11)14/h5-8H,2-4,15H2,1H3,(H,16,17)(H,18,19). The maximum absolute atomic E-state index is 11.7. The van der Waals surface area contributed by atoms with Gasteiger partial charge in [0.2, 0.25) is 5.91 Å². The molecule has 19 heavy (non-hydrogen) atoms. The van der Waals surface area contributed by atoms with Crippen molar-refractivity contribution in [3.05, 3.63) is 28.8 Å². The summed E-state index contributed by atoms with van der Waals surface area (Å²) in [6.45, 7) is 1.88. The van der Waals surface area contributed by atoms with Crippen LogP contribution in [0.2, 0.25) is 5.02 Å². The molecule has 0 saturated heterocycles. The summed E-state index contributed by atoms with van der Waals surface area (Å²) < 4.78 is 0. The lowest BCUT2D eigenvalue weighted by Crippen LogP contribution is -2.17. The van der Waals surface area contributed by atoms with E-state index in [2.05, 4.69) is 5.32 Å². The lowest BCUT2D eigenvalue weighted by atomic mass is 10.1. The summed E-state index contributed by atoms with van der Waals surface area (Å²) in [7, 11) is 0. The molecular formula is C13H17ClN2O3. The molecule has 1 atom stereocenters. The van der Waals surface area contributed by atoms with Crippen LogP contribution >= 0.6 is 11.6 Å². The van der Waals surface area contributed by atoms with Crippen LogP contribution in [0, 0.1) is 0 Å². The highest BCUT2D eigenvalue weighted by atomic mass is 35.5. The van der Waals surface area contributed by atoms with Crippen LogP contribution in [-0.2, 0) is 4.79 Å². The second-order valence-electron chi connectivity index (χ2n) is 4.42. The Morgan fingerprint density at radius 2 is 2.16 bits per heavy atom. The van der Waals surface area contributed by atoms with Gasteiger partial charge in [0.25, 0.3) is 0 Å². The summed E-state index contributed by atoms with van der Waals surface area (Å²) in [6, 6.07) is 4.24. The van der Waals surface area contributed by atoms with Crippen molar-refractivity contribution in [2.45, 2.75) is 32.2 Å². The van der Waals surface area contributed by atoms with E-state index in [1.54, 1.807) is 0 Å². The number of nitrogens with one attached hydrogen (secondary N) is 1. The number of halogens is 1. The highest BCUT2D eigenvalue weighted by molar-refractivity contribution is 6.33. The van der Waals surface area contributed by atoms with E-state index < -0.39 is 5.97 Å². The molecule has 0 aliphatic heterocycles. The maximum Gasteiger partial charge on any atom is 0.335 e. The Hall–Kier alpha value is -1.59. The second-order valence-corrected chi connectivity index (χ2v) is 4.82. The Kier molecular flexibility index (Phi) is 5.79. The first-order valence-electron chi connectivity index (χ1n) is 5.98. The van der Waals surface area contributed by atoms with Gasteiger partial charge in [-0.25, -0.2) is 4.79 Å². The van der Waals surface area contributed by atoms with Crippen molar-refractivity contribution in [2.24, 2.45) is 5.73 Å². The minimum Gasteiger partial charge on any atom is -0.478 e. The lowest BCUT2D eigenvalue weighted by Gasteiger charge is -2.09. The molecule has 0 aliphatic carbocycles. The molecule has 1 amide bonds. The van der Waals surface area contributed by atoms with E-state index in [0.717, 1.165) is 6.42 Å². The molecule has 5 nitrogen and oxygen atoms in total. The van der Waals surface area contributed by atoms with E-state index in [1.165, 1.54) is 18.2 Å². The van der Waals surface area contributed by atoms with E-state index in [4.69, 9.17) is 22.4 Å². The van der Waals surface area contributed by atoms with Crippen molar-refractivity contribution < 1.29 is 14.7 Å². The SMILES string of the molecule is CC(N)CCCC(=O)Nc1cc(C(=O)O)ccc1Cl. The number of hydrogen-bond acceptors (Lipinski definition) is 3. The Morgan fingerprint density at radius 3 is 2.74 bits per heavy atom. The van der Waals surface area contributed by atoms with Crippen molar-refractivity contribution in [3.8, 4) is 0 Å². The van der Waals surface area contributed by atoms with Crippen molar-refractivity contribution in [1.29, 1.82) is 0 Å². The number of carboxylic acid groups (broad SMARTS) is 1. The molecule has 0 aliphatic rings. The number of nitrogens with two attached hydrogens (primary N) is 1. The van der Waals surface area contributed by atoms with E-state index >= 15 is 0 Å². The smallest absolute Gasteiger partial charge is 0.335 e. The highest BCUT2D eigenvalue weighted by Gasteiger charge is 2.10. The number of carbonyl (C=O) groups is 2. The van der Waals surface area contributed by atoms with Gasteiger partial charge in [0, 0.05) is 12.5 Å². The first kappa shape index (κ1) is 15.5. The van der Waals surface area contributed by atoms with Crippen LogP contribution in [0.15, 0.2) is 18.2 Å². The molecule has 0 heterocycles. The first-order chi connectivity index (χ1) is 8.90. The molecule has 0 aromatic heterocycles. The molecule has 1 unspecified atom stereocenters. The molecule has 1 aromatic carbocycles. The van der Waals surface area contributed by atoms with Crippen LogP contribution in [-0.4, -0.2) is 23.0 Å². The first-order valence-corrected chi connectivity index (χ1v) is 6.36. The summed E-state index contributed by atoms with van der Waals surface area (Å²) in [5.74, 6) is -1.27. The molecule has 4 N–H and O–H groups in total. The molecule has 0 radical (unpaired) electrons. The minimum atomic E-state index is -1.07. The third kappa shape index (κ3) is 5.28. The van der Waals surface area contributed by atoms with E-state index in [0.29, 0.717) is 23.6 Å². The number of benzene rings is 1. The fourth-order valence-electron chi connectivity index (χ4n) is 1.55. The number of carbonyl (C=O) groups excluding carboxylic acids is 1. The normalized spacial score (nSPS) is 11.9. The zero-order valence-electron chi connectivity index (χ0n) is 10.6. The van der Waals surface area contributed by atoms with Crippen molar-refractivity contribution in [3.63, 3.8) is 0 Å². The minimum absolute atomic E-state index is 0.0618. The largest absolute Gasteiger partial charge is 0.478 e. The average molecular weight is 285 g/mol. The average Bonchev–Trinajstić information content (AvgIpc) is 2.31. The van der Waals surface area contributed by atoms with Crippen LogP contribution in [0.25, 0.3) is 0 Å². The van der Waals surface area contributed by atoms with E-state index in [1.807, 2.05) is 6.92 Å². The molecule has 0 bridgehead atoms. The lowest BCUT2D eigenvalue weighted by molar-refractivity contribution is -0.116. The van der Waals surface area contributed by atoms with Gasteiger partial charge in [-0.3, -0.25) is 4.79 Å². The van der Waals surface area contributed by atoms with Crippen LogP contribution in [0.3, 0.4) is 0 Å². The number of hydrogen-bond donors (Lipinski definition) is 3. The molecule has 104 valence electrons. The van der Waals surface area contributed by atoms with Crippen LogP contribution in [0.4, 0.5) is 5.69 Å². The molecule has 1 rings (SSSR count). The van der Waals surface area contributed by atoms with Crippen LogP contribution in [0.1, 0.15) is 36.5 Å². The number of amides is 1. The van der Waals surface area contributed by atoms with E-state index in [9.17, 15) is 9.59 Å². The van der Waals surface area contributed by atoms with Crippen molar-refractivity contribution in [2.75, 3.05) is 5.32 Å². The van der Waals surface area contributed by atoms with Gasteiger partial charge >= 0.3 is 5.97 Å². The van der Waals surface area contributed by atoms with Gasteiger partial charge in [-0.2, -0.15) is 0 Å². The molecule has 0 spiro atoms. The van der Waals surface area contributed by atoms with Gasteiger partial charge < -0.3 is 16.2 Å². The summed E-state index contributed by atoms with van der Waals surface area (Å²) in [6.07, 6.45) is 1.77. The molecular weight excluding hydrogens is 268 g/mol. The van der Waals surface area contributed by atoms with Gasteiger partial charge in [0.15, 0.2) is 0 Å². The quantitative estimate of drug-likeness (QED) is 0.748. The van der Waals surface area contributed by atoms with Crippen molar-refractivity contribution in [1.82, 2.24) is 0 Å². The third-order valence-electron chi connectivity index (χ3n) is 2.55. The predicted molar refractivity (Wildman–Crippen MR) is 74.5 cm³/mol. The summed E-state index contributed by atoms with van der Waals surface area (Å²) in [4.78, 5) is 22.5. The second kappa shape index (κ2) is 7.11. The summed E-state index contributed by atoms with van der Waals surface area (Å²) in [5, 5.41) is 11.8. The van der Waals surface area contributed by atoms with Gasteiger partial charge in [0.1, 0.15) is 0 Å². The predicted octanol–water partition coefficient (Wildman–Crippen LogP) is 2.49. The number of rotatable bonds is 6. The number of carboxylic acids is 1. The van der Waals surface area contributed by atoms with Crippen LogP contribution < -0.4 is 11.1 Å². The van der Waals surface area contributed by atoms with Crippen molar-refractivity contribution >= 4 is 29.2 Å². The molecule has 1 aromatic rings. The Balaban J connectivity index is 2.63. The number of anilines is 1. The maximum atomic E-state index is 11.7. The number of aromatic carboxylic acids is 1. The van der Waals surface area contributed by atoms with Gasteiger partial charge in [-0.15, -0.1) is 0 Å². The third-order valence-corrected chi connectivity index (χ3v) is 2.88. The zero-order valence-corrected chi connectivity index (χ0v) is 11.4. The Labute approximate surface area is 116 Å². The topological polar surface area (TPSA) is 92.4 Å². The summed E-state index contributed by atoms with van der Waals surface area (Å²) >= 11 is 5.90. The monoisotopic (exact) mass is 284 g/mol. The zero-order chi connectivity index (χ0) is 14.4. The fourth-order valence-corrected chi connectivity index (χ4v) is 1.72. The molecule has 6 heteroatoms. The van der Waals surface area contributed by atoms with Gasteiger partial charge in [0.05, 0.1) is 16.3 Å². The van der Waals surface area contributed by atoms with E-state index in [-0.39, 0.29) is 17.5 Å². The fraction of sp³-hybridized carbons (Fsp3) is 0.385. The molecule has 0 saturated carbocycles. The summed E-state index contributed by atoms with van der Waals surface area (Å²) in [5.41, 5.74) is 5.98. The van der Waals surface area contributed by atoms with Crippen LogP contribution in [0.5, 0.6) is 0 Å².